The van der Waals surface area contributed by atoms with Crippen LogP contribution in [0.1, 0.15) is 72.3 Å². The summed E-state index contributed by atoms with van der Waals surface area (Å²) in [5.41, 5.74) is 2.58. The number of aromatic nitrogens is 2. The van der Waals surface area contributed by atoms with Crippen molar-refractivity contribution in [3.63, 3.8) is 0 Å². The van der Waals surface area contributed by atoms with Gasteiger partial charge in [0.25, 0.3) is 0 Å². The molecule has 0 saturated carbocycles. The Balaban J connectivity index is 1.27. The summed E-state index contributed by atoms with van der Waals surface area (Å²) in [4.78, 5) is 17.0. The van der Waals surface area contributed by atoms with Gasteiger partial charge in [0.1, 0.15) is 12.4 Å². The summed E-state index contributed by atoms with van der Waals surface area (Å²) in [6.07, 6.45) is 8.10. The lowest BCUT2D eigenvalue weighted by atomic mass is 9.96. The zero-order valence-corrected chi connectivity index (χ0v) is 27.5. The van der Waals surface area contributed by atoms with Crippen molar-refractivity contribution in [2.45, 2.75) is 97.8 Å². The normalized spacial score (nSPS) is 18.7. The summed E-state index contributed by atoms with van der Waals surface area (Å²) >= 11 is 0. The van der Waals surface area contributed by atoms with Crippen LogP contribution in [0.5, 0.6) is 0 Å². The standard InChI is InChI=1S/C32H49FN4O4Si/c1-31(2,3)42(6,7)41-21-24-11-10-12-27(29(24)33)25-19-34-30(35-20-25)37-16-14-26(15-17-37)36-40-23-32(4,5)22-39-28-13-8-9-18-38-28/h10-12,19-20,28H,8-9,13-18,21-23H2,1-7H3. The molecule has 1 atom stereocenters. The van der Waals surface area contributed by atoms with Gasteiger partial charge < -0.3 is 23.6 Å². The van der Waals surface area contributed by atoms with Crippen LogP contribution in [-0.2, 0) is 25.3 Å². The molecule has 2 aromatic rings. The minimum atomic E-state index is -1.99. The van der Waals surface area contributed by atoms with Crippen LogP contribution in [0.3, 0.4) is 0 Å². The quantitative estimate of drug-likeness (QED) is 0.197. The van der Waals surface area contributed by atoms with E-state index in [2.05, 4.69) is 67.7 Å². The molecule has 0 aliphatic carbocycles. The third-order valence-electron chi connectivity index (χ3n) is 8.49. The topological polar surface area (TPSA) is 78.3 Å². The van der Waals surface area contributed by atoms with E-state index in [0.717, 1.165) is 57.5 Å². The fourth-order valence-electron chi connectivity index (χ4n) is 4.57. The first-order valence-electron chi connectivity index (χ1n) is 15.2. The van der Waals surface area contributed by atoms with E-state index in [4.69, 9.17) is 18.7 Å². The highest BCUT2D eigenvalue weighted by atomic mass is 28.4. The molecule has 1 unspecified atom stereocenters. The number of halogens is 1. The van der Waals surface area contributed by atoms with E-state index < -0.39 is 8.32 Å². The van der Waals surface area contributed by atoms with Gasteiger partial charge in [0.05, 0.1) is 18.9 Å². The molecule has 3 heterocycles. The lowest BCUT2D eigenvalue weighted by molar-refractivity contribution is -0.180. The smallest absolute Gasteiger partial charge is 0.225 e. The lowest BCUT2D eigenvalue weighted by Crippen LogP contribution is -2.40. The summed E-state index contributed by atoms with van der Waals surface area (Å²) in [5.74, 6) is 0.364. The van der Waals surface area contributed by atoms with Crippen molar-refractivity contribution in [1.82, 2.24) is 9.97 Å². The molecule has 232 valence electrons. The third kappa shape index (κ3) is 8.81. The number of hydrogen-bond acceptors (Lipinski definition) is 8. The highest BCUT2D eigenvalue weighted by Gasteiger charge is 2.37. The van der Waals surface area contributed by atoms with E-state index in [1.54, 1.807) is 24.5 Å². The Morgan fingerprint density at radius 3 is 2.40 bits per heavy atom. The van der Waals surface area contributed by atoms with Gasteiger partial charge in [0.15, 0.2) is 14.6 Å². The molecule has 1 aromatic heterocycles. The number of hydrogen-bond donors (Lipinski definition) is 0. The fraction of sp³-hybridized carbons (Fsp3) is 0.656. The first-order valence-corrected chi connectivity index (χ1v) is 18.2. The van der Waals surface area contributed by atoms with Crippen molar-refractivity contribution in [3.8, 4) is 11.1 Å². The molecule has 10 heteroatoms. The van der Waals surface area contributed by atoms with Crippen LogP contribution in [0.4, 0.5) is 10.3 Å². The molecule has 42 heavy (non-hydrogen) atoms. The van der Waals surface area contributed by atoms with Crippen LogP contribution in [0.15, 0.2) is 35.7 Å². The van der Waals surface area contributed by atoms with Crippen molar-refractivity contribution in [2.24, 2.45) is 10.6 Å². The molecule has 2 saturated heterocycles. The molecule has 0 spiro atoms. The number of benzene rings is 1. The molecular weight excluding hydrogens is 551 g/mol. The Morgan fingerprint density at radius 1 is 1.05 bits per heavy atom. The molecular formula is C32H49FN4O4Si. The zero-order valence-electron chi connectivity index (χ0n) is 26.5. The Kier molecular flexibility index (Phi) is 10.8. The molecule has 2 fully saturated rings. The number of rotatable bonds is 11. The van der Waals surface area contributed by atoms with Crippen molar-refractivity contribution >= 4 is 20.0 Å². The van der Waals surface area contributed by atoms with E-state index in [-0.39, 0.29) is 29.2 Å². The van der Waals surface area contributed by atoms with E-state index >= 15 is 4.39 Å². The van der Waals surface area contributed by atoms with Crippen LogP contribution >= 0.6 is 0 Å². The van der Waals surface area contributed by atoms with Crippen molar-refractivity contribution < 1.29 is 23.1 Å². The van der Waals surface area contributed by atoms with Gasteiger partial charge in [0.2, 0.25) is 5.95 Å². The molecule has 4 rings (SSSR count). The van der Waals surface area contributed by atoms with Gasteiger partial charge in [-0.2, -0.15) is 0 Å². The van der Waals surface area contributed by atoms with E-state index in [1.165, 1.54) is 0 Å². The van der Waals surface area contributed by atoms with Crippen LogP contribution in [0.2, 0.25) is 18.1 Å². The van der Waals surface area contributed by atoms with E-state index in [1.807, 2.05) is 6.07 Å². The third-order valence-corrected chi connectivity index (χ3v) is 13.0. The van der Waals surface area contributed by atoms with E-state index in [0.29, 0.717) is 35.9 Å². The molecule has 0 bridgehead atoms. The first-order chi connectivity index (χ1) is 19.8. The second kappa shape index (κ2) is 13.9. The monoisotopic (exact) mass is 600 g/mol. The maximum atomic E-state index is 15.5. The summed E-state index contributed by atoms with van der Waals surface area (Å²) in [5, 5.41) is 4.48. The average molecular weight is 601 g/mol. The van der Waals surface area contributed by atoms with Crippen LogP contribution < -0.4 is 4.90 Å². The fourth-order valence-corrected chi connectivity index (χ4v) is 5.52. The van der Waals surface area contributed by atoms with Gasteiger partial charge in [-0.3, -0.25) is 0 Å². The molecule has 8 nitrogen and oxygen atoms in total. The van der Waals surface area contributed by atoms with E-state index in [9.17, 15) is 0 Å². The predicted molar refractivity (Wildman–Crippen MR) is 168 cm³/mol. The average Bonchev–Trinajstić information content (AvgIpc) is 2.96. The van der Waals surface area contributed by atoms with Gasteiger partial charge in [-0.05, 0) is 37.4 Å². The minimum absolute atomic E-state index is 0.0647. The maximum Gasteiger partial charge on any atom is 0.225 e. The van der Waals surface area contributed by atoms with Crippen molar-refractivity contribution in [1.29, 1.82) is 0 Å². The second-order valence-corrected chi connectivity index (χ2v) is 18.6. The molecule has 2 aliphatic rings. The molecule has 0 radical (unpaired) electrons. The summed E-state index contributed by atoms with van der Waals surface area (Å²) in [7, 11) is -1.99. The molecule has 2 aliphatic heterocycles. The molecule has 1 aromatic carbocycles. The molecule has 0 amide bonds. The zero-order chi connectivity index (χ0) is 30.4. The van der Waals surface area contributed by atoms with Gasteiger partial charge in [-0.15, -0.1) is 0 Å². The van der Waals surface area contributed by atoms with Gasteiger partial charge in [-0.25, -0.2) is 14.4 Å². The Bertz CT molecular complexity index is 1180. The van der Waals surface area contributed by atoms with Crippen LogP contribution in [0, 0.1) is 11.2 Å². The Hall–Kier alpha value is -2.40. The highest BCUT2D eigenvalue weighted by molar-refractivity contribution is 6.74. The van der Waals surface area contributed by atoms with Crippen LogP contribution in [-0.4, -0.2) is 63.2 Å². The summed E-state index contributed by atoms with van der Waals surface area (Å²) < 4.78 is 33.3. The SMILES string of the molecule is CC(C)(CON=C1CCN(c2ncc(-c3cccc(CO[Si](C)(C)C(C)(C)C)c3F)cn2)CC1)COC1CCCCO1. The minimum Gasteiger partial charge on any atom is -0.412 e. The predicted octanol–water partition coefficient (Wildman–Crippen LogP) is 7.35. The largest absolute Gasteiger partial charge is 0.412 e. The lowest BCUT2D eigenvalue weighted by Gasteiger charge is -2.36. The number of nitrogens with zero attached hydrogens (tertiary/aromatic N) is 4. The number of anilines is 1. The second-order valence-electron chi connectivity index (χ2n) is 13.8. The first kappa shape index (κ1) is 32.5. The van der Waals surface area contributed by atoms with Gasteiger partial charge in [-0.1, -0.05) is 58.0 Å². The highest BCUT2D eigenvalue weighted by Crippen LogP contribution is 2.37. The van der Waals surface area contributed by atoms with Crippen molar-refractivity contribution in [2.75, 3.05) is 37.8 Å². The van der Waals surface area contributed by atoms with Crippen molar-refractivity contribution in [3.05, 3.63) is 42.0 Å². The number of ether oxygens (including phenoxy) is 2. The van der Waals surface area contributed by atoms with Gasteiger partial charge in [0, 0.05) is 67.0 Å². The Morgan fingerprint density at radius 2 is 1.76 bits per heavy atom. The summed E-state index contributed by atoms with van der Waals surface area (Å²) in [6.45, 7) is 18.7. The maximum absolute atomic E-state index is 15.5. The summed E-state index contributed by atoms with van der Waals surface area (Å²) in [6, 6.07) is 5.42. The number of piperidine rings is 1. The Labute approximate surface area is 252 Å². The van der Waals surface area contributed by atoms with Crippen LogP contribution in [0.25, 0.3) is 11.1 Å². The number of oxime groups is 1. The molecule has 0 N–H and O–H groups in total. The van der Waals surface area contributed by atoms with Gasteiger partial charge >= 0.3 is 0 Å².